The maximum absolute atomic E-state index is 12.8. The van der Waals surface area contributed by atoms with Gasteiger partial charge < -0.3 is 28.8 Å². The molecule has 0 spiro atoms. The van der Waals surface area contributed by atoms with Crippen LogP contribution in [0.2, 0.25) is 0 Å². The minimum absolute atomic E-state index is 0.0531. The quantitative estimate of drug-likeness (QED) is 0.529. The standard InChI is InChI=1S/C22H20N2O9/c1-29-10-5-7-13(30-2)12(9-10)24-20(26)16(19(25)23-22(24)28)17-11-6-8-14(31-3)18(32-4)15(11)21(27)33-17/h5-9,17,26H,1-4H3,(H,23,25,28)/t17-/m0/s1. The molecule has 11 nitrogen and oxygen atoms in total. The van der Waals surface area contributed by atoms with Gasteiger partial charge in [0, 0.05) is 11.6 Å². The number of rotatable bonds is 6. The summed E-state index contributed by atoms with van der Waals surface area (Å²) in [6, 6.07) is 7.65. The summed E-state index contributed by atoms with van der Waals surface area (Å²) in [4.78, 5) is 40.3. The summed E-state index contributed by atoms with van der Waals surface area (Å²) in [6.45, 7) is 0. The zero-order valence-electron chi connectivity index (χ0n) is 18.1. The topological polar surface area (TPSA) is 138 Å². The first-order chi connectivity index (χ1) is 15.9. The van der Waals surface area contributed by atoms with Gasteiger partial charge in [-0.2, -0.15) is 0 Å². The SMILES string of the molecule is COc1ccc(OC)c(-n2c(O)c([C@H]3OC(=O)c4c3ccc(OC)c4OC)c(=O)[nH]c2=O)c1. The van der Waals surface area contributed by atoms with Crippen LogP contribution in [0.4, 0.5) is 0 Å². The number of esters is 1. The van der Waals surface area contributed by atoms with E-state index in [9.17, 15) is 19.5 Å². The molecule has 11 heteroatoms. The third-order valence-electron chi connectivity index (χ3n) is 5.30. The molecule has 0 saturated heterocycles. The van der Waals surface area contributed by atoms with Crippen molar-refractivity contribution in [2.45, 2.75) is 6.10 Å². The van der Waals surface area contributed by atoms with Crippen molar-refractivity contribution in [3.05, 3.63) is 67.9 Å². The summed E-state index contributed by atoms with van der Waals surface area (Å²) in [6.07, 6.45) is -1.31. The zero-order valence-corrected chi connectivity index (χ0v) is 18.1. The highest BCUT2D eigenvalue weighted by Crippen LogP contribution is 2.45. The third kappa shape index (κ3) is 3.34. The first-order valence-electron chi connectivity index (χ1n) is 9.62. The van der Waals surface area contributed by atoms with E-state index in [0.29, 0.717) is 5.75 Å². The molecule has 2 aromatic carbocycles. The molecule has 1 aliphatic rings. The Morgan fingerprint density at radius 2 is 1.64 bits per heavy atom. The van der Waals surface area contributed by atoms with Gasteiger partial charge in [0.2, 0.25) is 5.88 Å². The van der Waals surface area contributed by atoms with Gasteiger partial charge in [-0.15, -0.1) is 0 Å². The lowest BCUT2D eigenvalue weighted by atomic mass is 9.99. The van der Waals surface area contributed by atoms with Gasteiger partial charge >= 0.3 is 11.7 Å². The molecule has 4 rings (SSSR count). The highest BCUT2D eigenvalue weighted by atomic mass is 16.6. The number of H-pyrrole nitrogens is 1. The van der Waals surface area contributed by atoms with Crippen molar-refractivity contribution in [1.82, 2.24) is 9.55 Å². The van der Waals surface area contributed by atoms with E-state index in [0.717, 1.165) is 4.57 Å². The molecule has 0 unspecified atom stereocenters. The molecule has 1 aromatic heterocycles. The number of aromatic hydroxyl groups is 1. The first-order valence-corrected chi connectivity index (χ1v) is 9.62. The van der Waals surface area contributed by atoms with Crippen LogP contribution in [0.25, 0.3) is 5.69 Å². The predicted molar refractivity (Wildman–Crippen MR) is 114 cm³/mol. The van der Waals surface area contributed by atoms with E-state index in [1.165, 1.54) is 46.6 Å². The number of carbonyl (C=O) groups excluding carboxylic acids is 1. The summed E-state index contributed by atoms with van der Waals surface area (Å²) in [5, 5.41) is 11.1. The molecule has 2 heterocycles. The van der Waals surface area contributed by atoms with E-state index in [2.05, 4.69) is 4.98 Å². The molecule has 0 aliphatic carbocycles. The molecule has 172 valence electrons. The Morgan fingerprint density at radius 1 is 0.939 bits per heavy atom. The molecule has 1 atom stereocenters. The van der Waals surface area contributed by atoms with Crippen LogP contribution in [0.1, 0.15) is 27.6 Å². The summed E-state index contributed by atoms with van der Waals surface area (Å²) >= 11 is 0. The lowest BCUT2D eigenvalue weighted by Gasteiger charge is -2.18. The number of aromatic amines is 1. The highest BCUT2D eigenvalue weighted by molar-refractivity contribution is 5.98. The fraction of sp³-hybridized carbons (Fsp3) is 0.227. The van der Waals surface area contributed by atoms with Crippen molar-refractivity contribution in [2.24, 2.45) is 0 Å². The van der Waals surface area contributed by atoms with Crippen molar-refractivity contribution in [2.75, 3.05) is 28.4 Å². The lowest BCUT2D eigenvalue weighted by Crippen LogP contribution is -2.33. The predicted octanol–water partition coefficient (Wildman–Crippen LogP) is 1.53. The van der Waals surface area contributed by atoms with Crippen LogP contribution < -0.4 is 30.2 Å². The Bertz CT molecular complexity index is 1370. The van der Waals surface area contributed by atoms with Gasteiger partial charge in [0.15, 0.2) is 17.6 Å². The van der Waals surface area contributed by atoms with E-state index >= 15 is 0 Å². The average molecular weight is 456 g/mol. The number of hydrogen-bond donors (Lipinski definition) is 2. The van der Waals surface area contributed by atoms with E-state index in [1.54, 1.807) is 12.1 Å². The van der Waals surface area contributed by atoms with Crippen molar-refractivity contribution in [3.63, 3.8) is 0 Å². The van der Waals surface area contributed by atoms with E-state index < -0.39 is 29.2 Å². The van der Waals surface area contributed by atoms with Crippen LogP contribution in [-0.4, -0.2) is 49.1 Å². The maximum Gasteiger partial charge on any atom is 0.343 e. The molecule has 2 N–H and O–H groups in total. The number of ether oxygens (including phenoxy) is 5. The Balaban J connectivity index is 1.98. The van der Waals surface area contributed by atoms with Crippen LogP contribution in [-0.2, 0) is 4.74 Å². The zero-order chi connectivity index (χ0) is 23.9. The molecule has 0 bridgehead atoms. The number of hydrogen-bond acceptors (Lipinski definition) is 9. The second-order valence-corrected chi connectivity index (χ2v) is 6.92. The molecule has 3 aromatic rings. The monoisotopic (exact) mass is 456 g/mol. The average Bonchev–Trinajstić information content (AvgIpc) is 3.14. The third-order valence-corrected chi connectivity index (χ3v) is 5.30. The fourth-order valence-electron chi connectivity index (χ4n) is 3.78. The molecule has 33 heavy (non-hydrogen) atoms. The normalized spacial score (nSPS) is 14.4. The molecule has 1 aliphatic heterocycles. The van der Waals surface area contributed by atoms with Crippen LogP contribution in [0.5, 0.6) is 28.9 Å². The summed E-state index contributed by atoms with van der Waals surface area (Å²) < 4.78 is 27.3. The van der Waals surface area contributed by atoms with Crippen LogP contribution >= 0.6 is 0 Å². The summed E-state index contributed by atoms with van der Waals surface area (Å²) in [5.41, 5.74) is -1.77. The molecule has 0 fully saturated rings. The number of cyclic esters (lactones) is 1. The smallest absolute Gasteiger partial charge is 0.343 e. The van der Waals surface area contributed by atoms with Gasteiger partial charge in [-0.3, -0.25) is 9.78 Å². The maximum atomic E-state index is 12.8. The number of methoxy groups -OCH3 is 4. The minimum atomic E-state index is -1.31. The second-order valence-electron chi connectivity index (χ2n) is 6.92. The molecular formula is C22H20N2O9. The number of aromatic nitrogens is 2. The van der Waals surface area contributed by atoms with Gasteiger partial charge in [-0.1, -0.05) is 6.07 Å². The lowest BCUT2D eigenvalue weighted by molar-refractivity contribution is 0.0447. The first kappa shape index (κ1) is 21.8. The minimum Gasteiger partial charge on any atom is -0.497 e. The number of carbonyl (C=O) groups is 1. The number of fused-ring (bicyclic) bond motifs is 1. The van der Waals surface area contributed by atoms with Crippen molar-refractivity contribution in [3.8, 4) is 34.6 Å². The summed E-state index contributed by atoms with van der Waals surface area (Å²) in [5.74, 6) is -0.489. The van der Waals surface area contributed by atoms with Crippen LogP contribution in [0.15, 0.2) is 39.9 Å². The number of benzene rings is 2. The highest BCUT2D eigenvalue weighted by Gasteiger charge is 2.40. The van der Waals surface area contributed by atoms with Gasteiger partial charge in [0.25, 0.3) is 5.56 Å². The van der Waals surface area contributed by atoms with Crippen molar-refractivity contribution < 1.29 is 33.6 Å². The van der Waals surface area contributed by atoms with Gasteiger partial charge in [-0.25, -0.2) is 14.2 Å². The summed E-state index contributed by atoms with van der Waals surface area (Å²) in [7, 11) is 5.59. The van der Waals surface area contributed by atoms with E-state index in [4.69, 9.17) is 23.7 Å². The van der Waals surface area contributed by atoms with Crippen LogP contribution in [0.3, 0.4) is 0 Å². The Kier molecular flexibility index (Phi) is 5.46. The second kappa shape index (κ2) is 8.26. The Hall–Kier alpha value is -4.41. The molecule has 0 amide bonds. The van der Waals surface area contributed by atoms with Gasteiger partial charge in [-0.05, 0) is 18.2 Å². The number of nitrogens with zero attached hydrogens (tertiary/aromatic N) is 1. The Morgan fingerprint density at radius 3 is 2.27 bits per heavy atom. The van der Waals surface area contributed by atoms with E-state index in [-0.39, 0.29) is 39.6 Å². The van der Waals surface area contributed by atoms with E-state index in [1.807, 2.05) is 0 Å². The van der Waals surface area contributed by atoms with Gasteiger partial charge in [0.1, 0.15) is 22.6 Å². The number of nitrogens with one attached hydrogen (secondary N) is 1. The van der Waals surface area contributed by atoms with Gasteiger partial charge in [0.05, 0.1) is 34.1 Å². The molecule has 0 radical (unpaired) electrons. The molecular weight excluding hydrogens is 436 g/mol. The molecule has 0 saturated carbocycles. The van der Waals surface area contributed by atoms with Crippen molar-refractivity contribution >= 4 is 5.97 Å². The fourth-order valence-corrected chi connectivity index (χ4v) is 3.78. The van der Waals surface area contributed by atoms with Crippen molar-refractivity contribution in [1.29, 1.82) is 0 Å². The van der Waals surface area contributed by atoms with Crippen LogP contribution in [0, 0.1) is 0 Å². The Labute approximate surface area is 186 Å². The largest absolute Gasteiger partial charge is 0.497 e.